The Balaban J connectivity index is 2.09. The van der Waals surface area contributed by atoms with Crippen molar-refractivity contribution in [3.8, 4) is 0 Å². The number of amides is 1. The van der Waals surface area contributed by atoms with E-state index in [1.807, 2.05) is 0 Å². The molecule has 0 aliphatic heterocycles. The molecule has 6 heteroatoms. The minimum atomic E-state index is -0.172. The molecular formula is C11H11ClN4O. The smallest absolute Gasteiger partial charge is 0.272 e. The molecule has 0 aliphatic carbocycles. The molecule has 2 aromatic heterocycles. The molecule has 0 fully saturated rings. The Morgan fingerprint density at radius 2 is 2.35 bits per heavy atom. The lowest BCUT2D eigenvalue weighted by Gasteiger charge is -2.15. The monoisotopic (exact) mass is 250 g/mol. The van der Waals surface area contributed by atoms with Gasteiger partial charge in [-0.1, -0.05) is 17.7 Å². The maximum atomic E-state index is 12.0. The summed E-state index contributed by atoms with van der Waals surface area (Å²) < 4.78 is 0. The van der Waals surface area contributed by atoms with Crippen LogP contribution in [0.1, 0.15) is 16.1 Å². The van der Waals surface area contributed by atoms with E-state index in [0.717, 1.165) is 5.56 Å². The Labute approximate surface area is 103 Å². The molecule has 2 rings (SSSR count). The maximum absolute atomic E-state index is 12.0. The number of pyridine rings is 1. The Morgan fingerprint density at radius 3 is 3.00 bits per heavy atom. The number of rotatable bonds is 3. The van der Waals surface area contributed by atoms with E-state index in [1.54, 1.807) is 42.5 Å². The van der Waals surface area contributed by atoms with Crippen molar-refractivity contribution in [1.82, 2.24) is 20.1 Å². The van der Waals surface area contributed by atoms with Crippen molar-refractivity contribution in [2.24, 2.45) is 0 Å². The molecule has 2 aromatic rings. The van der Waals surface area contributed by atoms with Crippen LogP contribution in [0.2, 0.25) is 5.15 Å². The molecule has 0 saturated carbocycles. The molecule has 5 nitrogen and oxygen atoms in total. The lowest BCUT2D eigenvalue weighted by Crippen LogP contribution is -2.26. The molecule has 0 bridgehead atoms. The molecule has 0 radical (unpaired) electrons. The largest absolute Gasteiger partial charge is 0.336 e. The highest BCUT2D eigenvalue weighted by atomic mass is 35.5. The van der Waals surface area contributed by atoms with Gasteiger partial charge in [0.05, 0.1) is 6.20 Å². The van der Waals surface area contributed by atoms with E-state index >= 15 is 0 Å². The summed E-state index contributed by atoms with van der Waals surface area (Å²) in [5.41, 5.74) is 1.27. The van der Waals surface area contributed by atoms with Crippen molar-refractivity contribution >= 4 is 17.5 Å². The van der Waals surface area contributed by atoms with E-state index in [9.17, 15) is 4.79 Å². The second-order valence-electron chi connectivity index (χ2n) is 3.61. The molecule has 0 saturated heterocycles. The summed E-state index contributed by atoms with van der Waals surface area (Å²) >= 11 is 5.74. The Kier molecular flexibility index (Phi) is 3.39. The van der Waals surface area contributed by atoms with E-state index < -0.39 is 0 Å². The minimum Gasteiger partial charge on any atom is -0.336 e. The van der Waals surface area contributed by atoms with Crippen LogP contribution in [-0.2, 0) is 6.54 Å². The van der Waals surface area contributed by atoms with Crippen LogP contribution >= 0.6 is 11.6 Å². The summed E-state index contributed by atoms with van der Waals surface area (Å²) in [7, 11) is 1.71. The summed E-state index contributed by atoms with van der Waals surface area (Å²) in [4.78, 5) is 17.5. The predicted octanol–water partition coefficient (Wildman–Crippen LogP) is 1.73. The third kappa shape index (κ3) is 2.82. The van der Waals surface area contributed by atoms with Gasteiger partial charge in [0.25, 0.3) is 5.91 Å². The van der Waals surface area contributed by atoms with Crippen molar-refractivity contribution in [2.75, 3.05) is 7.05 Å². The van der Waals surface area contributed by atoms with Crippen LogP contribution in [-0.4, -0.2) is 33.0 Å². The Morgan fingerprint density at radius 1 is 1.53 bits per heavy atom. The fourth-order valence-corrected chi connectivity index (χ4v) is 1.60. The van der Waals surface area contributed by atoms with E-state index in [-0.39, 0.29) is 5.91 Å². The number of aromatic amines is 1. The number of nitrogens with zero attached hydrogens (tertiary/aromatic N) is 3. The topological polar surface area (TPSA) is 61.9 Å². The fraction of sp³-hybridized carbons (Fsp3) is 0.182. The normalized spacial score (nSPS) is 10.2. The van der Waals surface area contributed by atoms with E-state index in [1.165, 1.54) is 0 Å². The van der Waals surface area contributed by atoms with Gasteiger partial charge in [0, 0.05) is 25.4 Å². The van der Waals surface area contributed by atoms with E-state index in [0.29, 0.717) is 17.4 Å². The molecule has 0 atom stereocenters. The van der Waals surface area contributed by atoms with Gasteiger partial charge in [-0.25, -0.2) is 4.98 Å². The van der Waals surface area contributed by atoms with Gasteiger partial charge in [-0.05, 0) is 12.1 Å². The van der Waals surface area contributed by atoms with Crippen LogP contribution in [0, 0.1) is 0 Å². The molecule has 1 N–H and O–H groups in total. The second kappa shape index (κ2) is 4.97. The van der Waals surface area contributed by atoms with Crippen molar-refractivity contribution in [2.45, 2.75) is 6.54 Å². The highest BCUT2D eigenvalue weighted by Gasteiger charge is 2.13. The van der Waals surface area contributed by atoms with Gasteiger partial charge in [-0.2, -0.15) is 5.10 Å². The lowest BCUT2D eigenvalue weighted by atomic mass is 10.3. The molecule has 17 heavy (non-hydrogen) atoms. The average Bonchev–Trinajstić information content (AvgIpc) is 2.80. The zero-order valence-corrected chi connectivity index (χ0v) is 9.98. The quantitative estimate of drug-likeness (QED) is 0.844. The molecule has 0 spiro atoms. The highest BCUT2D eigenvalue weighted by Crippen LogP contribution is 2.09. The van der Waals surface area contributed by atoms with Crippen LogP contribution in [0.5, 0.6) is 0 Å². The Hall–Kier alpha value is -1.88. The summed E-state index contributed by atoms with van der Waals surface area (Å²) in [6, 6.07) is 4.97. The van der Waals surface area contributed by atoms with Crippen molar-refractivity contribution in [3.05, 3.63) is 47.0 Å². The van der Waals surface area contributed by atoms with Crippen LogP contribution in [0.25, 0.3) is 0 Å². The van der Waals surface area contributed by atoms with Gasteiger partial charge in [-0.3, -0.25) is 9.89 Å². The zero-order valence-electron chi connectivity index (χ0n) is 9.22. The first-order valence-corrected chi connectivity index (χ1v) is 5.40. The van der Waals surface area contributed by atoms with Crippen molar-refractivity contribution < 1.29 is 4.79 Å². The average molecular weight is 251 g/mol. The minimum absolute atomic E-state index is 0.172. The number of halogens is 1. The van der Waals surface area contributed by atoms with Crippen LogP contribution < -0.4 is 0 Å². The number of nitrogens with one attached hydrogen (secondary N) is 1. The number of hydrogen-bond acceptors (Lipinski definition) is 3. The Bertz CT molecular complexity index is 512. The molecule has 0 aliphatic rings. The zero-order chi connectivity index (χ0) is 12.3. The standard InChI is InChI=1S/C11H11ClN4O/c1-16(7-8-5-13-14-6-8)11(17)9-3-2-4-10(12)15-9/h2-6H,7H2,1H3,(H,13,14). The first-order valence-electron chi connectivity index (χ1n) is 5.02. The fourth-order valence-electron chi connectivity index (χ4n) is 1.43. The van der Waals surface area contributed by atoms with Crippen LogP contribution in [0.3, 0.4) is 0 Å². The first kappa shape index (κ1) is 11.6. The van der Waals surface area contributed by atoms with Crippen molar-refractivity contribution in [3.63, 3.8) is 0 Å². The van der Waals surface area contributed by atoms with Crippen molar-refractivity contribution in [1.29, 1.82) is 0 Å². The maximum Gasteiger partial charge on any atom is 0.272 e. The van der Waals surface area contributed by atoms with Gasteiger partial charge in [-0.15, -0.1) is 0 Å². The molecule has 0 unspecified atom stereocenters. The van der Waals surface area contributed by atoms with Crippen LogP contribution in [0.4, 0.5) is 0 Å². The number of hydrogen-bond donors (Lipinski definition) is 1. The first-order chi connectivity index (χ1) is 8.16. The van der Waals surface area contributed by atoms with Gasteiger partial charge < -0.3 is 4.90 Å². The molecule has 2 heterocycles. The molecule has 0 aromatic carbocycles. The third-order valence-electron chi connectivity index (χ3n) is 2.26. The summed E-state index contributed by atoms with van der Waals surface area (Å²) in [5, 5.41) is 6.83. The number of carbonyl (C=O) groups is 1. The lowest BCUT2D eigenvalue weighted by molar-refractivity contribution is 0.0779. The number of aromatic nitrogens is 3. The second-order valence-corrected chi connectivity index (χ2v) is 4.00. The van der Waals surface area contributed by atoms with E-state index in [4.69, 9.17) is 11.6 Å². The van der Waals surface area contributed by atoms with E-state index in [2.05, 4.69) is 15.2 Å². The predicted molar refractivity (Wildman–Crippen MR) is 63.6 cm³/mol. The van der Waals surface area contributed by atoms with Gasteiger partial charge in [0.15, 0.2) is 0 Å². The number of carbonyl (C=O) groups excluding carboxylic acids is 1. The summed E-state index contributed by atoms with van der Waals surface area (Å²) in [6.45, 7) is 0.476. The highest BCUT2D eigenvalue weighted by molar-refractivity contribution is 6.29. The van der Waals surface area contributed by atoms with Gasteiger partial charge in [0.1, 0.15) is 10.8 Å². The number of H-pyrrole nitrogens is 1. The van der Waals surface area contributed by atoms with Gasteiger partial charge in [0.2, 0.25) is 0 Å². The SMILES string of the molecule is CN(Cc1cn[nH]c1)C(=O)c1cccc(Cl)n1. The third-order valence-corrected chi connectivity index (χ3v) is 2.47. The molecule has 88 valence electrons. The summed E-state index contributed by atoms with van der Waals surface area (Å²) in [5.74, 6) is -0.172. The van der Waals surface area contributed by atoms with Crippen LogP contribution in [0.15, 0.2) is 30.6 Å². The molecule has 1 amide bonds. The summed E-state index contributed by atoms with van der Waals surface area (Å²) in [6.07, 6.45) is 3.42. The van der Waals surface area contributed by atoms with Gasteiger partial charge >= 0.3 is 0 Å². The molecular weight excluding hydrogens is 240 g/mol.